The van der Waals surface area contributed by atoms with Crippen LogP contribution in [0.2, 0.25) is 0 Å². The van der Waals surface area contributed by atoms with Crippen molar-refractivity contribution in [2.24, 2.45) is 11.7 Å². The number of likely N-dealkylation sites (tertiary alicyclic amines) is 1. The molecule has 2 rings (SSSR count). The first-order valence-corrected chi connectivity index (χ1v) is 8.55. The first-order valence-electron chi connectivity index (χ1n) is 6.94. The fourth-order valence-electron chi connectivity index (χ4n) is 2.91. The molecule has 1 fully saturated rings. The van der Waals surface area contributed by atoms with Gasteiger partial charge >= 0.3 is 0 Å². The van der Waals surface area contributed by atoms with Gasteiger partial charge in [0, 0.05) is 11.4 Å². The molecule has 2 N–H and O–H groups in total. The van der Waals surface area contributed by atoms with Gasteiger partial charge in [0.2, 0.25) is 0 Å². The van der Waals surface area contributed by atoms with Gasteiger partial charge in [0.25, 0.3) is 0 Å². The minimum absolute atomic E-state index is 0.420. The quantitative estimate of drug-likeness (QED) is 0.883. The predicted molar refractivity (Wildman–Crippen MR) is 83.0 cm³/mol. The Morgan fingerprint density at radius 3 is 2.67 bits per heavy atom. The standard InChI is InChI=1S/C14H23BrN2S/c1-2-3-11-6-8-17(9-7-11)12(10-16)13-4-5-14(15)18-13/h4-5,11-12H,2-3,6-10,16H2,1H3. The molecule has 18 heavy (non-hydrogen) atoms. The highest BCUT2D eigenvalue weighted by molar-refractivity contribution is 9.11. The molecule has 1 saturated heterocycles. The van der Waals surface area contributed by atoms with E-state index in [1.807, 2.05) is 11.3 Å². The third-order valence-electron chi connectivity index (χ3n) is 3.93. The van der Waals surface area contributed by atoms with Gasteiger partial charge in [0.15, 0.2) is 0 Å². The highest BCUT2D eigenvalue weighted by atomic mass is 79.9. The summed E-state index contributed by atoms with van der Waals surface area (Å²) in [4.78, 5) is 3.98. The van der Waals surface area contributed by atoms with E-state index in [2.05, 4.69) is 39.9 Å². The van der Waals surface area contributed by atoms with E-state index in [-0.39, 0.29) is 0 Å². The number of nitrogens with two attached hydrogens (primary N) is 1. The molecule has 0 aliphatic carbocycles. The fourth-order valence-corrected chi connectivity index (χ4v) is 4.49. The first kappa shape index (κ1) is 14.5. The molecule has 0 radical (unpaired) electrons. The van der Waals surface area contributed by atoms with Gasteiger partial charge in [-0.1, -0.05) is 19.8 Å². The molecule has 2 nitrogen and oxygen atoms in total. The second-order valence-electron chi connectivity index (χ2n) is 5.16. The van der Waals surface area contributed by atoms with Crippen LogP contribution < -0.4 is 5.73 Å². The Hall–Kier alpha value is 0.1000. The minimum atomic E-state index is 0.420. The monoisotopic (exact) mass is 330 g/mol. The average Bonchev–Trinajstić information content (AvgIpc) is 2.79. The van der Waals surface area contributed by atoms with Crippen LogP contribution in [-0.4, -0.2) is 24.5 Å². The summed E-state index contributed by atoms with van der Waals surface area (Å²) in [7, 11) is 0. The summed E-state index contributed by atoms with van der Waals surface area (Å²) in [5.74, 6) is 0.944. The van der Waals surface area contributed by atoms with Crippen LogP contribution in [0.5, 0.6) is 0 Å². The van der Waals surface area contributed by atoms with E-state index in [4.69, 9.17) is 5.73 Å². The largest absolute Gasteiger partial charge is 0.329 e. The lowest BCUT2D eigenvalue weighted by molar-refractivity contribution is 0.133. The number of hydrogen-bond acceptors (Lipinski definition) is 3. The van der Waals surface area contributed by atoms with Crippen molar-refractivity contribution in [2.75, 3.05) is 19.6 Å². The maximum Gasteiger partial charge on any atom is 0.0702 e. The van der Waals surface area contributed by atoms with E-state index in [1.54, 1.807) is 0 Å². The zero-order valence-electron chi connectivity index (χ0n) is 11.1. The molecule has 0 saturated carbocycles. The van der Waals surface area contributed by atoms with Crippen LogP contribution in [0.1, 0.15) is 43.5 Å². The smallest absolute Gasteiger partial charge is 0.0702 e. The second-order valence-corrected chi connectivity index (χ2v) is 7.66. The number of nitrogens with zero attached hydrogens (tertiary/aromatic N) is 1. The normalized spacial score (nSPS) is 20.2. The molecule has 0 bridgehead atoms. The van der Waals surface area contributed by atoms with E-state index in [0.717, 1.165) is 12.5 Å². The van der Waals surface area contributed by atoms with Gasteiger partial charge in [-0.2, -0.15) is 0 Å². The molecular formula is C14H23BrN2S. The Kier molecular flexibility index (Phi) is 5.67. The van der Waals surface area contributed by atoms with Crippen molar-refractivity contribution in [3.8, 4) is 0 Å². The minimum Gasteiger partial charge on any atom is -0.329 e. The van der Waals surface area contributed by atoms with E-state index in [1.165, 1.54) is 47.4 Å². The number of hydrogen-bond donors (Lipinski definition) is 1. The van der Waals surface area contributed by atoms with Crippen molar-refractivity contribution in [3.05, 3.63) is 20.8 Å². The van der Waals surface area contributed by atoms with Gasteiger partial charge in [-0.25, -0.2) is 0 Å². The zero-order chi connectivity index (χ0) is 13.0. The summed E-state index contributed by atoms with van der Waals surface area (Å²) in [5.41, 5.74) is 5.99. The molecule has 2 heterocycles. The van der Waals surface area contributed by atoms with E-state index in [0.29, 0.717) is 6.04 Å². The number of rotatable bonds is 5. The van der Waals surface area contributed by atoms with E-state index >= 15 is 0 Å². The molecule has 1 atom stereocenters. The zero-order valence-corrected chi connectivity index (χ0v) is 13.5. The summed E-state index contributed by atoms with van der Waals surface area (Å²) in [6, 6.07) is 4.76. The second kappa shape index (κ2) is 7.04. The lowest BCUT2D eigenvalue weighted by Gasteiger charge is -2.36. The van der Waals surface area contributed by atoms with Crippen LogP contribution in [0.25, 0.3) is 0 Å². The summed E-state index contributed by atoms with van der Waals surface area (Å²) >= 11 is 5.36. The molecule has 1 unspecified atom stereocenters. The van der Waals surface area contributed by atoms with Crippen LogP contribution in [0, 0.1) is 5.92 Å². The average molecular weight is 331 g/mol. The van der Waals surface area contributed by atoms with Gasteiger partial charge in [0.1, 0.15) is 0 Å². The molecule has 0 amide bonds. The SMILES string of the molecule is CCCC1CCN(C(CN)c2ccc(Br)s2)CC1. The number of halogens is 1. The van der Waals surface area contributed by atoms with Gasteiger partial charge in [-0.05, 0) is 59.9 Å². The maximum atomic E-state index is 5.99. The molecule has 1 aliphatic rings. The molecular weight excluding hydrogens is 308 g/mol. The number of thiophene rings is 1. The van der Waals surface area contributed by atoms with Crippen LogP contribution in [-0.2, 0) is 0 Å². The summed E-state index contributed by atoms with van der Waals surface area (Å²) in [5, 5.41) is 0. The first-order chi connectivity index (χ1) is 8.74. The Bertz CT molecular complexity index is 358. The van der Waals surface area contributed by atoms with Crippen molar-refractivity contribution < 1.29 is 0 Å². The molecule has 102 valence electrons. The maximum absolute atomic E-state index is 5.99. The van der Waals surface area contributed by atoms with Gasteiger partial charge in [0.05, 0.1) is 9.83 Å². The molecule has 1 aliphatic heterocycles. The highest BCUT2D eigenvalue weighted by Gasteiger charge is 2.25. The summed E-state index contributed by atoms with van der Waals surface area (Å²) in [6.45, 7) is 5.44. The molecule has 1 aromatic rings. The van der Waals surface area contributed by atoms with Gasteiger partial charge in [-0.3, -0.25) is 4.90 Å². The van der Waals surface area contributed by atoms with Crippen LogP contribution in [0.15, 0.2) is 15.9 Å². The molecule has 0 spiro atoms. The Labute approximate surface area is 123 Å². The Morgan fingerprint density at radius 2 is 2.17 bits per heavy atom. The Balaban J connectivity index is 1.94. The van der Waals surface area contributed by atoms with Crippen molar-refractivity contribution in [3.63, 3.8) is 0 Å². The van der Waals surface area contributed by atoms with Crippen molar-refractivity contribution in [1.29, 1.82) is 0 Å². The predicted octanol–water partition coefficient (Wildman–Crippen LogP) is 4.02. The fraction of sp³-hybridized carbons (Fsp3) is 0.714. The van der Waals surface area contributed by atoms with Crippen molar-refractivity contribution in [1.82, 2.24) is 4.90 Å². The Morgan fingerprint density at radius 1 is 1.44 bits per heavy atom. The van der Waals surface area contributed by atoms with Crippen molar-refractivity contribution in [2.45, 2.75) is 38.6 Å². The van der Waals surface area contributed by atoms with E-state index in [9.17, 15) is 0 Å². The third-order valence-corrected chi connectivity index (χ3v) is 5.66. The van der Waals surface area contributed by atoms with E-state index < -0.39 is 0 Å². The summed E-state index contributed by atoms with van der Waals surface area (Å²) < 4.78 is 1.21. The van der Waals surface area contributed by atoms with Gasteiger partial charge < -0.3 is 5.73 Å². The van der Waals surface area contributed by atoms with Crippen LogP contribution >= 0.6 is 27.3 Å². The number of piperidine rings is 1. The van der Waals surface area contributed by atoms with Crippen LogP contribution in [0.3, 0.4) is 0 Å². The molecule has 1 aromatic heterocycles. The summed E-state index contributed by atoms with van der Waals surface area (Å²) in [6.07, 6.45) is 5.41. The molecule has 0 aromatic carbocycles. The lowest BCUT2D eigenvalue weighted by Crippen LogP contribution is -2.39. The topological polar surface area (TPSA) is 29.3 Å². The highest BCUT2D eigenvalue weighted by Crippen LogP contribution is 2.33. The van der Waals surface area contributed by atoms with Gasteiger partial charge in [-0.15, -0.1) is 11.3 Å². The molecule has 4 heteroatoms. The lowest BCUT2D eigenvalue weighted by atomic mass is 9.91. The third kappa shape index (κ3) is 3.56. The van der Waals surface area contributed by atoms with Crippen molar-refractivity contribution >= 4 is 27.3 Å². The van der Waals surface area contributed by atoms with Crippen LogP contribution in [0.4, 0.5) is 0 Å².